The molecule has 5 heteroatoms. The molecule has 1 fully saturated rings. The van der Waals surface area contributed by atoms with Gasteiger partial charge in [0.25, 0.3) is 0 Å². The lowest BCUT2D eigenvalue weighted by molar-refractivity contribution is 0.0791. The summed E-state index contributed by atoms with van der Waals surface area (Å²) in [5, 5.41) is 9.02. The number of aliphatic hydroxyl groups excluding tert-OH is 1. The van der Waals surface area contributed by atoms with Gasteiger partial charge in [-0.05, 0) is 38.3 Å². The number of rotatable bonds is 7. The molecule has 0 unspecified atom stereocenters. The summed E-state index contributed by atoms with van der Waals surface area (Å²) in [5.74, 6) is 0.452. The Hall–Kier alpha value is -1.59. The topological polar surface area (TPSA) is 53.0 Å². The molecule has 1 N–H and O–H groups in total. The predicted molar refractivity (Wildman–Crippen MR) is 90.1 cm³/mol. The largest absolute Gasteiger partial charge is 0.445 e. The average Bonchev–Trinajstić information content (AvgIpc) is 2.99. The van der Waals surface area contributed by atoms with Crippen LogP contribution in [-0.2, 0) is 11.3 Å². The summed E-state index contributed by atoms with van der Waals surface area (Å²) in [6.45, 7) is 7.91. The molecule has 0 aromatic heterocycles. The molecule has 1 saturated heterocycles. The van der Waals surface area contributed by atoms with Crippen LogP contribution in [0.4, 0.5) is 4.79 Å². The number of likely N-dealkylation sites (tertiary alicyclic amines) is 1. The Morgan fingerprint density at radius 1 is 1.39 bits per heavy atom. The van der Waals surface area contributed by atoms with Gasteiger partial charge >= 0.3 is 6.09 Å². The van der Waals surface area contributed by atoms with Crippen LogP contribution in [0.2, 0.25) is 0 Å². The highest BCUT2D eigenvalue weighted by molar-refractivity contribution is 5.68. The van der Waals surface area contributed by atoms with Crippen LogP contribution >= 0.6 is 0 Å². The van der Waals surface area contributed by atoms with Crippen LogP contribution in [0, 0.1) is 5.92 Å². The molecule has 0 spiro atoms. The molecule has 1 aromatic carbocycles. The average molecular weight is 320 g/mol. The zero-order chi connectivity index (χ0) is 16.7. The molecule has 1 aliphatic rings. The third-order valence-corrected chi connectivity index (χ3v) is 4.30. The number of nitrogens with zero attached hydrogens (tertiary/aromatic N) is 2. The van der Waals surface area contributed by atoms with Crippen molar-refractivity contribution in [3.05, 3.63) is 35.9 Å². The molecule has 1 aliphatic heterocycles. The van der Waals surface area contributed by atoms with Gasteiger partial charge < -0.3 is 19.6 Å². The van der Waals surface area contributed by atoms with E-state index in [1.54, 1.807) is 0 Å². The van der Waals surface area contributed by atoms with E-state index in [0.29, 0.717) is 19.1 Å². The SMILES string of the molecule is CC(C)N(C[C@@H]1CCN(CCO)C1)C(=O)OCc1ccccc1. The number of carbonyl (C=O) groups is 1. The van der Waals surface area contributed by atoms with Crippen LogP contribution in [0.15, 0.2) is 30.3 Å². The zero-order valence-electron chi connectivity index (χ0n) is 14.1. The lowest BCUT2D eigenvalue weighted by atomic mass is 10.1. The molecular weight excluding hydrogens is 292 g/mol. The Morgan fingerprint density at radius 3 is 2.78 bits per heavy atom. The number of hydrogen-bond acceptors (Lipinski definition) is 4. The van der Waals surface area contributed by atoms with Crippen molar-refractivity contribution in [2.24, 2.45) is 5.92 Å². The van der Waals surface area contributed by atoms with Gasteiger partial charge in [0.2, 0.25) is 0 Å². The van der Waals surface area contributed by atoms with Crippen molar-refractivity contribution in [1.82, 2.24) is 9.80 Å². The summed E-state index contributed by atoms with van der Waals surface area (Å²) < 4.78 is 5.47. The quantitative estimate of drug-likeness (QED) is 0.838. The van der Waals surface area contributed by atoms with Gasteiger partial charge in [-0.3, -0.25) is 0 Å². The summed E-state index contributed by atoms with van der Waals surface area (Å²) in [5.41, 5.74) is 1.000. The van der Waals surface area contributed by atoms with Gasteiger partial charge in [0.05, 0.1) is 6.61 Å². The molecule has 2 rings (SSSR count). The molecule has 5 nitrogen and oxygen atoms in total. The normalized spacial score (nSPS) is 18.3. The first-order chi connectivity index (χ1) is 11.1. The van der Waals surface area contributed by atoms with E-state index in [-0.39, 0.29) is 18.7 Å². The smallest absolute Gasteiger partial charge is 0.410 e. The van der Waals surface area contributed by atoms with E-state index in [1.807, 2.05) is 49.1 Å². The van der Waals surface area contributed by atoms with E-state index in [1.165, 1.54) is 0 Å². The minimum absolute atomic E-state index is 0.116. The molecule has 0 saturated carbocycles. The van der Waals surface area contributed by atoms with E-state index in [2.05, 4.69) is 4.90 Å². The summed E-state index contributed by atoms with van der Waals surface area (Å²) >= 11 is 0. The molecule has 1 atom stereocenters. The first kappa shape index (κ1) is 17.8. The zero-order valence-corrected chi connectivity index (χ0v) is 14.1. The number of aliphatic hydroxyl groups is 1. The fraction of sp³-hybridized carbons (Fsp3) is 0.611. The lowest BCUT2D eigenvalue weighted by Crippen LogP contribution is -2.41. The molecule has 0 aliphatic carbocycles. The third-order valence-electron chi connectivity index (χ3n) is 4.30. The van der Waals surface area contributed by atoms with E-state index in [4.69, 9.17) is 9.84 Å². The van der Waals surface area contributed by atoms with Crippen molar-refractivity contribution in [2.45, 2.75) is 32.9 Å². The minimum atomic E-state index is -0.246. The number of ether oxygens (including phenoxy) is 1. The van der Waals surface area contributed by atoms with Crippen molar-refractivity contribution in [3.63, 3.8) is 0 Å². The van der Waals surface area contributed by atoms with Gasteiger partial charge in [-0.25, -0.2) is 4.79 Å². The maximum absolute atomic E-state index is 12.4. The number of carbonyl (C=O) groups excluding carboxylic acids is 1. The number of hydrogen-bond donors (Lipinski definition) is 1. The van der Waals surface area contributed by atoms with Crippen LogP contribution in [-0.4, -0.2) is 59.8 Å². The van der Waals surface area contributed by atoms with Crippen LogP contribution in [0.25, 0.3) is 0 Å². The maximum atomic E-state index is 12.4. The van der Waals surface area contributed by atoms with Crippen molar-refractivity contribution in [1.29, 1.82) is 0 Å². The lowest BCUT2D eigenvalue weighted by Gasteiger charge is -2.28. The van der Waals surface area contributed by atoms with Gasteiger partial charge in [0.1, 0.15) is 6.61 Å². The molecule has 128 valence electrons. The minimum Gasteiger partial charge on any atom is -0.445 e. The first-order valence-corrected chi connectivity index (χ1v) is 8.40. The fourth-order valence-electron chi connectivity index (χ4n) is 2.98. The highest BCUT2D eigenvalue weighted by Gasteiger charge is 2.27. The van der Waals surface area contributed by atoms with E-state index in [0.717, 1.165) is 31.6 Å². The summed E-state index contributed by atoms with van der Waals surface area (Å²) in [7, 11) is 0. The van der Waals surface area contributed by atoms with Gasteiger partial charge in [0.15, 0.2) is 0 Å². The van der Waals surface area contributed by atoms with Crippen molar-refractivity contribution >= 4 is 6.09 Å². The van der Waals surface area contributed by atoms with Crippen molar-refractivity contribution in [3.8, 4) is 0 Å². The second-order valence-corrected chi connectivity index (χ2v) is 6.47. The second kappa shape index (κ2) is 8.89. The Morgan fingerprint density at radius 2 is 2.13 bits per heavy atom. The maximum Gasteiger partial charge on any atom is 0.410 e. The van der Waals surface area contributed by atoms with Crippen LogP contribution in [0.3, 0.4) is 0 Å². The Kier molecular flexibility index (Phi) is 6.86. The molecule has 23 heavy (non-hydrogen) atoms. The monoisotopic (exact) mass is 320 g/mol. The van der Waals surface area contributed by atoms with Gasteiger partial charge in [-0.15, -0.1) is 0 Å². The van der Waals surface area contributed by atoms with Gasteiger partial charge in [-0.1, -0.05) is 30.3 Å². The van der Waals surface area contributed by atoms with Crippen LogP contribution in [0.5, 0.6) is 0 Å². The van der Waals surface area contributed by atoms with Gasteiger partial charge in [0, 0.05) is 25.7 Å². The molecule has 1 aromatic rings. The summed E-state index contributed by atoms with van der Waals surface area (Å²) in [4.78, 5) is 16.5. The molecule has 0 radical (unpaired) electrons. The highest BCUT2D eigenvalue weighted by Crippen LogP contribution is 2.19. The van der Waals surface area contributed by atoms with Gasteiger partial charge in [-0.2, -0.15) is 0 Å². The first-order valence-electron chi connectivity index (χ1n) is 8.40. The molecule has 1 heterocycles. The van der Waals surface area contributed by atoms with E-state index < -0.39 is 0 Å². The molecule has 1 amide bonds. The Bertz CT molecular complexity index is 478. The van der Waals surface area contributed by atoms with E-state index in [9.17, 15) is 4.79 Å². The number of β-amino-alcohol motifs (C(OH)–C–C–N with tert-alkyl or cyclic N) is 1. The van der Waals surface area contributed by atoms with Crippen LogP contribution < -0.4 is 0 Å². The number of benzene rings is 1. The van der Waals surface area contributed by atoms with E-state index >= 15 is 0 Å². The summed E-state index contributed by atoms with van der Waals surface area (Å²) in [6.07, 6.45) is 0.819. The number of amides is 1. The summed E-state index contributed by atoms with van der Waals surface area (Å²) in [6, 6.07) is 9.86. The highest BCUT2D eigenvalue weighted by atomic mass is 16.6. The Labute approximate surface area is 138 Å². The van der Waals surface area contributed by atoms with Crippen molar-refractivity contribution in [2.75, 3.05) is 32.8 Å². The second-order valence-electron chi connectivity index (χ2n) is 6.47. The molecular formula is C18H28N2O3. The van der Waals surface area contributed by atoms with Crippen LogP contribution in [0.1, 0.15) is 25.8 Å². The predicted octanol–water partition coefficient (Wildman–Crippen LogP) is 2.35. The third kappa shape index (κ3) is 5.52. The fourth-order valence-corrected chi connectivity index (χ4v) is 2.98. The standard InChI is InChI=1S/C18H28N2O3/c1-15(2)20(13-17-8-9-19(12-17)10-11-21)18(22)23-14-16-6-4-3-5-7-16/h3-7,15,17,21H,8-14H2,1-2H3/t17-/m1/s1. The van der Waals surface area contributed by atoms with Crippen molar-refractivity contribution < 1.29 is 14.6 Å². The molecule has 0 bridgehead atoms. The Balaban J connectivity index is 1.84.